The quantitative estimate of drug-likeness (QED) is 0.506. The molecule has 0 saturated carbocycles. The fourth-order valence-electron chi connectivity index (χ4n) is 3.78. The van der Waals surface area contributed by atoms with Gasteiger partial charge < -0.3 is 4.90 Å². The van der Waals surface area contributed by atoms with E-state index in [-0.39, 0.29) is 5.91 Å². The van der Waals surface area contributed by atoms with E-state index in [1.54, 1.807) is 0 Å². The summed E-state index contributed by atoms with van der Waals surface area (Å²) in [6, 6.07) is 17.8. The van der Waals surface area contributed by atoms with Gasteiger partial charge in [0, 0.05) is 18.7 Å². The summed E-state index contributed by atoms with van der Waals surface area (Å²) in [5, 5.41) is 10.2. The summed E-state index contributed by atoms with van der Waals surface area (Å²) >= 11 is 7.88. The van der Waals surface area contributed by atoms with E-state index >= 15 is 0 Å². The maximum atomic E-state index is 12.7. The monoisotopic (exact) mass is 440 g/mol. The Morgan fingerprint density at radius 3 is 2.67 bits per heavy atom. The molecule has 2 aromatic carbocycles. The number of hydrogen-bond acceptors (Lipinski definition) is 4. The lowest BCUT2D eigenvalue weighted by Crippen LogP contribution is -2.40. The number of aromatic nitrogens is 3. The van der Waals surface area contributed by atoms with E-state index in [1.165, 1.54) is 18.2 Å². The molecule has 156 valence electrons. The van der Waals surface area contributed by atoms with Crippen molar-refractivity contribution in [1.29, 1.82) is 0 Å². The molecule has 0 aliphatic carbocycles. The van der Waals surface area contributed by atoms with Crippen LogP contribution in [0.3, 0.4) is 0 Å². The van der Waals surface area contributed by atoms with Crippen LogP contribution in [0.25, 0.3) is 11.4 Å². The van der Waals surface area contributed by atoms with Crippen molar-refractivity contribution in [3.63, 3.8) is 0 Å². The van der Waals surface area contributed by atoms with Gasteiger partial charge in [0.15, 0.2) is 11.0 Å². The number of hydrogen-bond donors (Lipinski definition) is 0. The molecule has 1 aromatic heterocycles. The van der Waals surface area contributed by atoms with Gasteiger partial charge in [-0.25, -0.2) is 0 Å². The average molecular weight is 441 g/mol. The Kier molecular flexibility index (Phi) is 6.75. The minimum absolute atomic E-state index is 0.167. The third-order valence-corrected chi connectivity index (χ3v) is 6.63. The Morgan fingerprint density at radius 1 is 1.13 bits per heavy atom. The molecule has 7 heteroatoms. The van der Waals surface area contributed by atoms with Gasteiger partial charge in [0.25, 0.3) is 0 Å². The predicted molar refractivity (Wildman–Crippen MR) is 122 cm³/mol. The molecule has 1 aliphatic rings. The number of halogens is 1. The maximum absolute atomic E-state index is 12.7. The lowest BCUT2D eigenvalue weighted by molar-refractivity contribution is -0.130. The number of nitrogens with zero attached hydrogens (tertiary/aromatic N) is 4. The normalized spacial score (nSPS) is 16.6. The van der Waals surface area contributed by atoms with E-state index in [1.807, 2.05) is 51.9 Å². The van der Waals surface area contributed by atoms with Crippen molar-refractivity contribution >= 4 is 29.3 Å². The standard InChI is InChI=1S/C23H25ClN4OS/c1-17-8-7-13-27(14-17)21(29)16-30-23-26-25-22(19-11-5-6-12-20(19)24)28(23)15-18-9-3-2-4-10-18/h2-6,9-12,17H,7-8,13-16H2,1H3. The molecule has 0 bridgehead atoms. The molecule has 0 N–H and O–H groups in total. The second kappa shape index (κ2) is 9.67. The van der Waals surface area contributed by atoms with Crippen molar-refractivity contribution < 1.29 is 4.79 Å². The molecule has 5 nitrogen and oxygen atoms in total. The highest BCUT2D eigenvalue weighted by Gasteiger charge is 2.23. The van der Waals surface area contributed by atoms with Crippen molar-refractivity contribution in [3.05, 3.63) is 65.2 Å². The van der Waals surface area contributed by atoms with Crippen LogP contribution in [0, 0.1) is 5.92 Å². The first-order valence-corrected chi connectivity index (χ1v) is 11.6. The zero-order valence-corrected chi connectivity index (χ0v) is 18.6. The first kappa shape index (κ1) is 20.9. The lowest BCUT2D eigenvalue weighted by atomic mass is 10.0. The Balaban J connectivity index is 1.58. The molecular formula is C23H25ClN4OS. The summed E-state index contributed by atoms with van der Waals surface area (Å²) in [5.74, 6) is 1.81. The number of thioether (sulfide) groups is 1. The van der Waals surface area contributed by atoms with Gasteiger partial charge in [0.2, 0.25) is 5.91 Å². The lowest BCUT2D eigenvalue weighted by Gasteiger charge is -2.30. The van der Waals surface area contributed by atoms with Crippen molar-refractivity contribution in [1.82, 2.24) is 19.7 Å². The van der Waals surface area contributed by atoms with Crippen LogP contribution in [-0.4, -0.2) is 44.4 Å². The smallest absolute Gasteiger partial charge is 0.233 e. The summed E-state index contributed by atoms with van der Waals surface area (Å²) < 4.78 is 2.05. The van der Waals surface area contributed by atoms with Gasteiger partial charge in [-0.1, -0.05) is 72.8 Å². The van der Waals surface area contributed by atoms with Crippen LogP contribution < -0.4 is 0 Å². The molecule has 1 saturated heterocycles. The molecule has 3 aromatic rings. The Labute approximate surface area is 186 Å². The van der Waals surface area contributed by atoms with Gasteiger partial charge in [0.05, 0.1) is 17.3 Å². The van der Waals surface area contributed by atoms with Crippen LogP contribution in [0.2, 0.25) is 5.02 Å². The number of benzene rings is 2. The zero-order valence-electron chi connectivity index (χ0n) is 17.0. The highest BCUT2D eigenvalue weighted by Crippen LogP contribution is 2.30. The van der Waals surface area contributed by atoms with E-state index in [4.69, 9.17) is 11.6 Å². The summed E-state index contributed by atoms with van der Waals surface area (Å²) in [4.78, 5) is 14.7. The van der Waals surface area contributed by atoms with E-state index in [0.29, 0.717) is 29.1 Å². The second-order valence-electron chi connectivity index (χ2n) is 7.73. The minimum atomic E-state index is 0.167. The number of piperidine rings is 1. The highest BCUT2D eigenvalue weighted by molar-refractivity contribution is 7.99. The summed E-state index contributed by atoms with van der Waals surface area (Å²) in [6.07, 6.45) is 2.28. The minimum Gasteiger partial charge on any atom is -0.342 e. The first-order chi connectivity index (χ1) is 14.6. The number of amides is 1. The van der Waals surface area contributed by atoms with Crippen LogP contribution in [0.15, 0.2) is 59.8 Å². The Bertz CT molecular complexity index is 1010. The highest BCUT2D eigenvalue weighted by atomic mass is 35.5. The molecule has 1 fully saturated rings. The Morgan fingerprint density at radius 2 is 1.90 bits per heavy atom. The number of carbonyl (C=O) groups is 1. The Hall–Kier alpha value is -2.31. The van der Waals surface area contributed by atoms with Crippen LogP contribution in [0.4, 0.5) is 0 Å². The number of carbonyl (C=O) groups excluding carboxylic acids is 1. The molecule has 0 spiro atoms. The van der Waals surface area contributed by atoms with E-state index in [2.05, 4.69) is 29.3 Å². The molecule has 4 rings (SSSR count). The van der Waals surface area contributed by atoms with E-state index in [9.17, 15) is 4.79 Å². The topological polar surface area (TPSA) is 51.0 Å². The maximum Gasteiger partial charge on any atom is 0.233 e. The molecule has 1 aliphatic heterocycles. The van der Waals surface area contributed by atoms with Crippen molar-refractivity contribution in [2.24, 2.45) is 5.92 Å². The van der Waals surface area contributed by atoms with E-state index < -0.39 is 0 Å². The van der Waals surface area contributed by atoms with Gasteiger partial charge in [-0.3, -0.25) is 9.36 Å². The largest absolute Gasteiger partial charge is 0.342 e. The van der Waals surface area contributed by atoms with Crippen molar-refractivity contribution in [2.75, 3.05) is 18.8 Å². The molecular weight excluding hydrogens is 416 g/mol. The number of likely N-dealkylation sites (tertiary alicyclic amines) is 1. The third-order valence-electron chi connectivity index (χ3n) is 5.35. The molecule has 1 amide bonds. The zero-order chi connectivity index (χ0) is 20.9. The molecule has 2 heterocycles. The predicted octanol–water partition coefficient (Wildman–Crippen LogP) is 5.00. The van der Waals surface area contributed by atoms with Crippen LogP contribution >= 0.6 is 23.4 Å². The SMILES string of the molecule is CC1CCCN(C(=O)CSc2nnc(-c3ccccc3Cl)n2Cc2ccccc2)C1. The van der Waals surface area contributed by atoms with Gasteiger partial charge >= 0.3 is 0 Å². The van der Waals surface area contributed by atoms with Crippen LogP contribution in [0.5, 0.6) is 0 Å². The molecule has 1 unspecified atom stereocenters. The summed E-state index contributed by atoms with van der Waals surface area (Å²) in [6.45, 7) is 4.52. The molecule has 0 radical (unpaired) electrons. The van der Waals surface area contributed by atoms with Gasteiger partial charge in [-0.2, -0.15) is 0 Å². The van der Waals surface area contributed by atoms with E-state index in [0.717, 1.165) is 35.8 Å². The third kappa shape index (κ3) is 4.87. The van der Waals surface area contributed by atoms with Gasteiger partial charge in [-0.05, 0) is 36.5 Å². The summed E-state index contributed by atoms with van der Waals surface area (Å²) in [7, 11) is 0. The second-order valence-corrected chi connectivity index (χ2v) is 9.08. The van der Waals surface area contributed by atoms with Crippen LogP contribution in [-0.2, 0) is 11.3 Å². The number of rotatable bonds is 6. The van der Waals surface area contributed by atoms with Crippen molar-refractivity contribution in [2.45, 2.75) is 31.5 Å². The average Bonchev–Trinajstić information content (AvgIpc) is 3.15. The van der Waals surface area contributed by atoms with Crippen LogP contribution in [0.1, 0.15) is 25.3 Å². The first-order valence-electron chi connectivity index (χ1n) is 10.2. The van der Waals surface area contributed by atoms with Crippen molar-refractivity contribution in [3.8, 4) is 11.4 Å². The molecule has 30 heavy (non-hydrogen) atoms. The fraction of sp³-hybridized carbons (Fsp3) is 0.348. The molecule has 1 atom stereocenters. The summed E-state index contributed by atoms with van der Waals surface area (Å²) in [5.41, 5.74) is 1.98. The van der Waals surface area contributed by atoms with Gasteiger partial charge in [-0.15, -0.1) is 10.2 Å². The fourth-order valence-corrected chi connectivity index (χ4v) is 4.84. The van der Waals surface area contributed by atoms with Gasteiger partial charge in [0.1, 0.15) is 0 Å².